The van der Waals surface area contributed by atoms with Crippen molar-refractivity contribution < 1.29 is 4.42 Å². The largest absolute Gasteiger partial charge is 0.467 e. The molecule has 2 heterocycles. The zero-order valence-electron chi connectivity index (χ0n) is 10.2. The number of furan rings is 1. The highest BCUT2D eigenvalue weighted by atomic mass is 32.1. The highest BCUT2D eigenvalue weighted by Gasteiger charge is 2.15. The van der Waals surface area contributed by atoms with Gasteiger partial charge in [-0.25, -0.2) is 0 Å². The van der Waals surface area contributed by atoms with Gasteiger partial charge in [-0.05, 0) is 47.4 Å². The summed E-state index contributed by atoms with van der Waals surface area (Å²) in [5, 5.41) is 3.50. The average molecular weight is 257 g/mol. The molecule has 0 aliphatic carbocycles. The van der Waals surface area contributed by atoms with Crippen LogP contribution < -0.4 is 5.73 Å². The summed E-state index contributed by atoms with van der Waals surface area (Å²) in [6.45, 7) is 2.03. The van der Waals surface area contributed by atoms with E-state index >= 15 is 0 Å². The van der Waals surface area contributed by atoms with Crippen molar-refractivity contribution in [3.8, 4) is 0 Å². The molecule has 0 amide bonds. The predicted octanol–water partition coefficient (Wildman–Crippen LogP) is 4.05. The van der Waals surface area contributed by atoms with Crippen LogP contribution in [0, 0.1) is 6.92 Å². The second-order valence-electron chi connectivity index (χ2n) is 4.54. The summed E-state index contributed by atoms with van der Waals surface area (Å²) < 4.78 is 6.78. The minimum absolute atomic E-state index is 0.0713. The number of nitrogens with two attached hydrogens (primary N) is 1. The van der Waals surface area contributed by atoms with Crippen LogP contribution in [0.3, 0.4) is 0 Å². The van der Waals surface area contributed by atoms with Crippen LogP contribution in [0.1, 0.15) is 22.9 Å². The second-order valence-corrected chi connectivity index (χ2v) is 5.45. The van der Waals surface area contributed by atoms with E-state index < -0.39 is 0 Å². The molecule has 1 atom stereocenters. The Bertz CT molecular complexity index is 668. The molecule has 3 heteroatoms. The molecule has 0 saturated carbocycles. The van der Waals surface area contributed by atoms with Crippen LogP contribution >= 0.6 is 11.3 Å². The van der Waals surface area contributed by atoms with Gasteiger partial charge in [-0.2, -0.15) is 0 Å². The van der Waals surface area contributed by atoms with Crippen LogP contribution in [0.4, 0.5) is 0 Å². The van der Waals surface area contributed by atoms with Gasteiger partial charge in [0.05, 0.1) is 12.3 Å². The normalized spacial score (nSPS) is 13.0. The van der Waals surface area contributed by atoms with Gasteiger partial charge in [0, 0.05) is 4.70 Å². The van der Waals surface area contributed by atoms with Crippen LogP contribution in [-0.2, 0) is 6.42 Å². The summed E-state index contributed by atoms with van der Waals surface area (Å²) in [7, 11) is 0. The number of fused-ring (bicyclic) bond motifs is 1. The van der Waals surface area contributed by atoms with Crippen LogP contribution in [-0.4, -0.2) is 0 Å². The average Bonchev–Trinajstić information content (AvgIpc) is 2.97. The Kier molecular flexibility index (Phi) is 2.94. The molecule has 3 rings (SSSR count). The second kappa shape index (κ2) is 4.59. The van der Waals surface area contributed by atoms with Gasteiger partial charge in [0.2, 0.25) is 0 Å². The lowest BCUT2D eigenvalue weighted by molar-refractivity contribution is 0.462. The van der Waals surface area contributed by atoms with E-state index in [1.807, 2.05) is 13.0 Å². The van der Waals surface area contributed by atoms with Crippen LogP contribution in [0.2, 0.25) is 0 Å². The van der Waals surface area contributed by atoms with Gasteiger partial charge in [0.1, 0.15) is 5.76 Å². The molecular weight excluding hydrogens is 242 g/mol. The molecule has 92 valence electrons. The Morgan fingerprint density at radius 1 is 1.28 bits per heavy atom. The molecule has 0 aliphatic rings. The van der Waals surface area contributed by atoms with Gasteiger partial charge in [-0.15, -0.1) is 11.3 Å². The van der Waals surface area contributed by atoms with Crippen molar-refractivity contribution in [2.75, 3.05) is 0 Å². The third kappa shape index (κ3) is 1.96. The van der Waals surface area contributed by atoms with E-state index in [4.69, 9.17) is 10.2 Å². The van der Waals surface area contributed by atoms with E-state index in [0.29, 0.717) is 0 Å². The molecule has 18 heavy (non-hydrogen) atoms. The van der Waals surface area contributed by atoms with Crippen molar-refractivity contribution >= 4 is 21.4 Å². The van der Waals surface area contributed by atoms with Crippen LogP contribution in [0.5, 0.6) is 0 Å². The molecule has 1 aromatic carbocycles. The molecule has 0 fully saturated rings. The zero-order valence-corrected chi connectivity index (χ0v) is 11.0. The van der Waals surface area contributed by atoms with Gasteiger partial charge >= 0.3 is 0 Å². The quantitative estimate of drug-likeness (QED) is 0.769. The van der Waals surface area contributed by atoms with Crippen molar-refractivity contribution in [2.45, 2.75) is 19.4 Å². The zero-order chi connectivity index (χ0) is 12.5. The molecule has 2 nitrogen and oxygen atoms in total. The van der Waals surface area contributed by atoms with Gasteiger partial charge in [0.25, 0.3) is 0 Å². The van der Waals surface area contributed by atoms with Crippen molar-refractivity contribution in [1.82, 2.24) is 0 Å². The first-order chi connectivity index (χ1) is 8.75. The Labute approximate surface area is 110 Å². The highest BCUT2D eigenvalue weighted by Crippen LogP contribution is 2.29. The molecule has 0 radical (unpaired) electrons. The number of benzene rings is 1. The SMILES string of the molecule is Cc1ccoc1C(N)Cc1csc2ccccc12. The predicted molar refractivity (Wildman–Crippen MR) is 75.9 cm³/mol. The van der Waals surface area contributed by atoms with Crippen molar-refractivity contribution in [3.05, 3.63) is 58.9 Å². The van der Waals surface area contributed by atoms with Crippen molar-refractivity contribution in [1.29, 1.82) is 0 Å². The smallest absolute Gasteiger partial charge is 0.123 e. The van der Waals surface area contributed by atoms with Gasteiger partial charge in [0.15, 0.2) is 0 Å². The number of aryl methyl sites for hydroxylation is 1. The van der Waals surface area contributed by atoms with E-state index in [1.165, 1.54) is 15.6 Å². The van der Waals surface area contributed by atoms with Crippen LogP contribution in [0.15, 0.2) is 46.4 Å². The minimum atomic E-state index is -0.0713. The molecule has 0 bridgehead atoms. The fraction of sp³-hybridized carbons (Fsp3) is 0.200. The summed E-state index contributed by atoms with van der Waals surface area (Å²) in [6, 6.07) is 10.3. The topological polar surface area (TPSA) is 39.2 Å². The fourth-order valence-corrected chi connectivity index (χ4v) is 3.26. The lowest BCUT2D eigenvalue weighted by Crippen LogP contribution is -2.13. The number of rotatable bonds is 3. The molecular formula is C15H15NOS. The maximum absolute atomic E-state index is 6.23. The van der Waals surface area contributed by atoms with E-state index in [0.717, 1.165) is 17.7 Å². The summed E-state index contributed by atoms with van der Waals surface area (Å²) >= 11 is 1.77. The Balaban J connectivity index is 1.91. The Morgan fingerprint density at radius 3 is 2.89 bits per heavy atom. The standard InChI is InChI=1S/C15H15NOS/c1-10-6-7-17-15(10)13(16)8-11-9-18-14-5-3-2-4-12(11)14/h2-7,9,13H,8,16H2,1H3. The molecule has 0 aliphatic heterocycles. The summed E-state index contributed by atoms with van der Waals surface area (Å²) in [6.07, 6.45) is 2.52. The van der Waals surface area contributed by atoms with E-state index in [2.05, 4.69) is 29.6 Å². The third-order valence-corrected chi connectivity index (χ3v) is 4.25. The Hall–Kier alpha value is -1.58. The van der Waals surface area contributed by atoms with Crippen molar-refractivity contribution in [3.63, 3.8) is 0 Å². The summed E-state index contributed by atoms with van der Waals surface area (Å²) in [5.41, 5.74) is 8.66. The molecule has 3 aromatic rings. The van der Waals surface area contributed by atoms with E-state index in [-0.39, 0.29) is 6.04 Å². The number of hydrogen-bond acceptors (Lipinski definition) is 3. The van der Waals surface area contributed by atoms with Gasteiger partial charge in [-0.3, -0.25) is 0 Å². The van der Waals surface area contributed by atoms with Gasteiger partial charge < -0.3 is 10.2 Å². The molecule has 2 N–H and O–H groups in total. The lowest BCUT2D eigenvalue weighted by atomic mass is 10.0. The third-order valence-electron chi connectivity index (χ3n) is 3.24. The number of hydrogen-bond donors (Lipinski definition) is 1. The first kappa shape index (κ1) is 11.5. The molecule has 2 aromatic heterocycles. The van der Waals surface area contributed by atoms with Crippen molar-refractivity contribution in [2.24, 2.45) is 5.73 Å². The van der Waals surface area contributed by atoms with E-state index in [9.17, 15) is 0 Å². The maximum Gasteiger partial charge on any atom is 0.123 e. The fourth-order valence-electron chi connectivity index (χ4n) is 2.28. The highest BCUT2D eigenvalue weighted by molar-refractivity contribution is 7.17. The minimum Gasteiger partial charge on any atom is -0.467 e. The Morgan fingerprint density at radius 2 is 2.11 bits per heavy atom. The molecule has 0 saturated heterocycles. The number of thiophene rings is 1. The van der Waals surface area contributed by atoms with Crippen LogP contribution in [0.25, 0.3) is 10.1 Å². The monoisotopic (exact) mass is 257 g/mol. The summed E-state index contributed by atoms with van der Waals surface area (Å²) in [5.74, 6) is 0.894. The molecule has 0 spiro atoms. The maximum atomic E-state index is 6.23. The first-order valence-electron chi connectivity index (χ1n) is 6.00. The lowest BCUT2D eigenvalue weighted by Gasteiger charge is -2.09. The first-order valence-corrected chi connectivity index (χ1v) is 6.88. The summed E-state index contributed by atoms with van der Waals surface area (Å²) in [4.78, 5) is 0. The molecule has 1 unspecified atom stereocenters. The van der Waals surface area contributed by atoms with Gasteiger partial charge in [-0.1, -0.05) is 18.2 Å². The van der Waals surface area contributed by atoms with E-state index in [1.54, 1.807) is 17.6 Å².